The molecule has 128 valence electrons. The third-order valence-electron chi connectivity index (χ3n) is 3.25. The van der Waals surface area contributed by atoms with E-state index < -0.39 is 22.8 Å². The zero-order valence-electron chi connectivity index (χ0n) is 12.8. The summed E-state index contributed by atoms with van der Waals surface area (Å²) in [7, 11) is 0. The van der Waals surface area contributed by atoms with Crippen LogP contribution in [0.15, 0.2) is 24.8 Å². The SMILES string of the molecule is C[C@H](C(=O)Nc1cnn(CCCC(=O)O)c1)n1cc([N+](=O)[O-])cn1. The number of hydrogen-bond donors (Lipinski definition) is 2. The second-order valence-corrected chi connectivity index (χ2v) is 5.09. The van der Waals surface area contributed by atoms with E-state index in [1.165, 1.54) is 21.8 Å². The summed E-state index contributed by atoms with van der Waals surface area (Å²) in [6.07, 6.45) is 5.74. The molecule has 0 aliphatic carbocycles. The summed E-state index contributed by atoms with van der Waals surface area (Å²) in [5, 5.41) is 29.7. The predicted molar refractivity (Wildman–Crippen MR) is 81.3 cm³/mol. The third kappa shape index (κ3) is 4.38. The maximum Gasteiger partial charge on any atom is 0.307 e. The molecule has 2 aromatic rings. The van der Waals surface area contributed by atoms with Gasteiger partial charge in [-0.3, -0.25) is 29.1 Å². The molecule has 0 saturated carbocycles. The van der Waals surface area contributed by atoms with Crippen LogP contribution in [0.2, 0.25) is 0 Å². The predicted octanol–water partition coefficient (Wildman–Crippen LogP) is 1.05. The molecule has 0 radical (unpaired) electrons. The number of aryl methyl sites for hydroxylation is 1. The summed E-state index contributed by atoms with van der Waals surface area (Å²) >= 11 is 0. The van der Waals surface area contributed by atoms with E-state index in [2.05, 4.69) is 15.5 Å². The summed E-state index contributed by atoms with van der Waals surface area (Å²) in [5.74, 6) is -1.28. The first-order valence-electron chi connectivity index (χ1n) is 7.10. The van der Waals surface area contributed by atoms with E-state index in [1.54, 1.807) is 13.1 Å². The molecule has 2 heterocycles. The van der Waals surface area contributed by atoms with Crippen molar-refractivity contribution in [2.45, 2.75) is 32.4 Å². The molecule has 1 amide bonds. The number of carbonyl (C=O) groups is 2. The first-order chi connectivity index (χ1) is 11.4. The highest BCUT2D eigenvalue weighted by Gasteiger charge is 2.19. The topological polar surface area (TPSA) is 145 Å². The molecule has 0 spiro atoms. The molecule has 2 rings (SSSR count). The van der Waals surface area contributed by atoms with Crippen molar-refractivity contribution < 1.29 is 19.6 Å². The molecule has 1 atom stereocenters. The molecule has 2 aromatic heterocycles. The quantitative estimate of drug-likeness (QED) is 0.541. The van der Waals surface area contributed by atoms with E-state index in [1.807, 2.05) is 0 Å². The van der Waals surface area contributed by atoms with Crippen molar-refractivity contribution in [1.82, 2.24) is 19.6 Å². The number of hydrogen-bond acceptors (Lipinski definition) is 6. The molecule has 0 aliphatic heterocycles. The second-order valence-electron chi connectivity index (χ2n) is 5.09. The summed E-state index contributed by atoms with van der Waals surface area (Å²) in [4.78, 5) is 32.6. The van der Waals surface area contributed by atoms with Crippen LogP contribution in [-0.2, 0) is 16.1 Å². The van der Waals surface area contributed by atoms with Gasteiger partial charge in [0.25, 0.3) is 0 Å². The second kappa shape index (κ2) is 7.35. The van der Waals surface area contributed by atoms with Crippen LogP contribution in [0.4, 0.5) is 11.4 Å². The van der Waals surface area contributed by atoms with E-state index in [4.69, 9.17) is 5.11 Å². The van der Waals surface area contributed by atoms with Gasteiger partial charge in [0.05, 0.1) is 16.8 Å². The van der Waals surface area contributed by atoms with Gasteiger partial charge in [-0.05, 0) is 13.3 Å². The zero-order chi connectivity index (χ0) is 17.7. The Labute approximate surface area is 136 Å². The van der Waals surface area contributed by atoms with Gasteiger partial charge in [-0.15, -0.1) is 0 Å². The van der Waals surface area contributed by atoms with Gasteiger partial charge in [-0.1, -0.05) is 0 Å². The first-order valence-corrected chi connectivity index (χ1v) is 7.10. The Balaban J connectivity index is 1.92. The number of aliphatic carboxylic acids is 1. The minimum Gasteiger partial charge on any atom is -0.481 e. The van der Waals surface area contributed by atoms with Crippen molar-refractivity contribution in [3.63, 3.8) is 0 Å². The van der Waals surface area contributed by atoms with E-state index in [0.29, 0.717) is 18.7 Å². The maximum atomic E-state index is 12.1. The fourth-order valence-corrected chi connectivity index (χ4v) is 1.94. The molecule has 0 saturated heterocycles. The fourth-order valence-electron chi connectivity index (χ4n) is 1.94. The summed E-state index contributed by atoms with van der Waals surface area (Å²) in [6, 6.07) is -0.742. The van der Waals surface area contributed by atoms with Gasteiger partial charge in [0.2, 0.25) is 5.91 Å². The number of amides is 1. The van der Waals surface area contributed by atoms with Crippen LogP contribution in [-0.4, -0.2) is 41.5 Å². The Bertz CT molecular complexity index is 752. The largest absolute Gasteiger partial charge is 0.481 e. The number of nitrogens with one attached hydrogen (secondary N) is 1. The zero-order valence-corrected chi connectivity index (χ0v) is 12.8. The average molecular weight is 336 g/mol. The van der Waals surface area contributed by atoms with Gasteiger partial charge < -0.3 is 10.4 Å². The van der Waals surface area contributed by atoms with E-state index >= 15 is 0 Å². The van der Waals surface area contributed by atoms with Gasteiger partial charge in [-0.2, -0.15) is 10.2 Å². The molecule has 0 aromatic carbocycles. The molecule has 11 nitrogen and oxygen atoms in total. The lowest BCUT2D eigenvalue weighted by atomic mass is 10.3. The van der Waals surface area contributed by atoms with Gasteiger partial charge in [0.1, 0.15) is 18.4 Å². The minimum absolute atomic E-state index is 0.0384. The van der Waals surface area contributed by atoms with Crippen LogP contribution in [0.5, 0.6) is 0 Å². The molecule has 0 fully saturated rings. The molecular weight excluding hydrogens is 320 g/mol. The van der Waals surface area contributed by atoms with E-state index in [-0.39, 0.29) is 12.1 Å². The van der Waals surface area contributed by atoms with Crippen molar-refractivity contribution >= 4 is 23.3 Å². The Morgan fingerprint density at radius 1 is 1.38 bits per heavy atom. The van der Waals surface area contributed by atoms with Crippen molar-refractivity contribution in [2.24, 2.45) is 0 Å². The van der Waals surface area contributed by atoms with Crippen LogP contribution < -0.4 is 5.32 Å². The monoisotopic (exact) mass is 336 g/mol. The van der Waals surface area contributed by atoms with Crippen molar-refractivity contribution in [3.8, 4) is 0 Å². The van der Waals surface area contributed by atoms with E-state index in [0.717, 1.165) is 6.20 Å². The lowest BCUT2D eigenvalue weighted by Gasteiger charge is -2.10. The Kier molecular flexibility index (Phi) is 5.24. The number of rotatable bonds is 8. The van der Waals surface area contributed by atoms with Crippen LogP contribution in [0.3, 0.4) is 0 Å². The van der Waals surface area contributed by atoms with Gasteiger partial charge in [0.15, 0.2) is 0 Å². The number of aromatic nitrogens is 4. The summed E-state index contributed by atoms with van der Waals surface area (Å²) in [6.45, 7) is 1.98. The molecule has 11 heteroatoms. The van der Waals surface area contributed by atoms with Gasteiger partial charge in [-0.25, -0.2) is 0 Å². The summed E-state index contributed by atoms with van der Waals surface area (Å²) < 4.78 is 2.73. The highest BCUT2D eigenvalue weighted by Crippen LogP contribution is 2.15. The highest BCUT2D eigenvalue weighted by atomic mass is 16.6. The van der Waals surface area contributed by atoms with Crippen molar-refractivity contribution in [2.75, 3.05) is 5.32 Å². The third-order valence-corrected chi connectivity index (χ3v) is 3.25. The normalized spacial score (nSPS) is 11.9. The first kappa shape index (κ1) is 17.1. The highest BCUT2D eigenvalue weighted by molar-refractivity contribution is 5.93. The summed E-state index contributed by atoms with van der Waals surface area (Å²) in [5.41, 5.74) is 0.254. The van der Waals surface area contributed by atoms with Crippen LogP contribution in [0.1, 0.15) is 25.8 Å². The maximum absolute atomic E-state index is 12.1. The molecule has 0 bridgehead atoms. The Morgan fingerprint density at radius 3 is 2.75 bits per heavy atom. The minimum atomic E-state index is -0.877. The van der Waals surface area contributed by atoms with E-state index in [9.17, 15) is 19.7 Å². The fraction of sp³-hybridized carbons (Fsp3) is 0.385. The number of carboxylic acid groups (broad SMARTS) is 1. The van der Waals surface area contributed by atoms with Gasteiger partial charge in [0, 0.05) is 19.2 Å². The molecule has 24 heavy (non-hydrogen) atoms. The van der Waals surface area contributed by atoms with Crippen LogP contribution in [0, 0.1) is 10.1 Å². The number of carboxylic acids is 1. The lowest BCUT2D eigenvalue weighted by molar-refractivity contribution is -0.385. The smallest absolute Gasteiger partial charge is 0.307 e. The Hall–Kier alpha value is -3.24. The standard InChI is InChI=1S/C13H16N6O5/c1-9(18-8-11(6-15-18)19(23)24)13(22)16-10-5-14-17(7-10)4-2-3-12(20)21/h5-9H,2-4H2,1H3,(H,16,22)(H,20,21)/t9-/m1/s1. The lowest BCUT2D eigenvalue weighted by Crippen LogP contribution is -2.23. The molecule has 0 aliphatic rings. The van der Waals surface area contributed by atoms with Crippen LogP contribution in [0.25, 0.3) is 0 Å². The molecule has 0 unspecified atom stereocenters. The van der Waals surface area contributed by atoms with Crippen molar-refractivity contribution in [3.05, 3.63) is 34.9 Å². The average Bonchev–Trinajstić information content (AvgIpc) is 3.15. The van der Waals surface area contributed by atoms with Gasteiger partial charge >= 0.3 is 11.7 Å². The number of anilines is 1. The Morgan fingerprint density at radius 2 is 2.12 bits per heavy atom. The van der Waals surface area contributed by atoms with Crippen LogP contribution >= 0.6 is 0 Å². The van der Waals surface area contributed by atoms with Crippen molar-refractivity contribution in [1.29, 1.82) is 0 Å². The number of carbonyl (C=O) groups excluding carboxylic acids is 1. The molecular formula is C13H16N6O5. The molecule has 2 N–H and O–H groups in total. The number of nitrogens with zero attached hydrogens (tertiary/aromatic N) is 5. The number of nitro groups is 1.